The molecule has 0 spiro atoms. The molecule has 8 heteroatoms. The van der Waals surface area contributed by atoms with Crippen molar-refractivity contribution in [1.82, 2.24) is 10.6 Å². The summed E-state index contributed by atoms with van der Waals surface area (Å²) in [5.74, 6) is 1.49. The van der Waals surface area contributed by atoms with E-state index in [-0.39, 0.29) is 17.8 Å². The van der Waals surface area contributed by atoms with Crippen LogP contribution in [0.15, 0.2) is 42.5 Å². The molecule has 1 heterocycles. The van der Waals surface area contributed by atoms with E-state index in [9.17, 15) is 13.6 Å². The van der Waals surface area contributed by atoms with Crippen LogP contribution in [0.4, 0.5) is 13.6 Å². The van der Waals surface area contributed by atoms with E-state index in [0.717, 1.165) is 11.1 Å². The second-order valence-corrected chi connectivity index (χ2v) is 6.30. The number of carbonyl (C=O) groups is 1. The number of urea groups is 1. The number of alkyl halides is 2. The van der Waals surface area contributed by atoms with Crippen molar-refractivity contribution >= 4 is 6.03 Å². The van der Waals surface area contributed by atoms with Gasteiger partial charge in [0.25, 0.3) is 0 Å². The van der Waals surface area contributed by atoms with Crippen LogP contribution in [0.25, 0.3) is 0 Å². The number of fused-ring (bicyclic) bond motifs is 1. The van der Waals surface area contributed by atoms with Crippen molar-refractivity contribution in [2.24, 2.45) is 0 Å². The van der Waals surface area contributed by atoms with Gasteiger partial charge in [-0.1, -0.05) is 18.2 Å². The third kappa shape index (κ3) is 5.48. The number of rotatable bonds is 7. The summed E-state index contributed by atoms with van der Waals surface area (Å²) >= 11 is 0. The molecule has 2 aromatic rings. The minimum atomic E-state index is -2.84. The molecule has 1 aliphatic heterocycles. The first-order valence-electron chi connectivity index (χ1n) is 8.99. The average molecular weight is 392 g/mol. The first-order valence-corrected chi connectivity index (χ1v) is 8.99. The number of ether oxygens (including phenoxy) is 3. The monoisotopic (exact) mass is 392 g/mol. The van der Waals surface area contributed by atoms with E-state index in [2.05, 4.69) is 15.4 Å². The molecule has 3 rings (SSSR count). The summed E-state index contributed by atoms with van der Waals surface area (Å²) < 4.78 is 39.6. The number of hydrogen-bond acceptors (Lipinski definition) is 4. The lowest BCUT2D eigenvalue weighted by atomic mass is 10.1. The van der Waals surface area contributed by atoms with Gasteiger partial charge in [-0.15, -0.1) is 0 Å². The topological polar surface area (TPSA) is 68.8 Å². The molecule has 0 bridgehead atoms. The van der Waals surface area contributed by atoms with E-state index in [1.807, 2.05) is 25.1 Å². The Bertz CT molecular complexity index is 799. The smallest absolute Gasteiger partial charge is 0.387 e. The van der Waals surface area contributed by atoms with Crippen LogP contribution in [0.3, 0.4) is 0 Å². The minimum absolute atomic E-state index is 0.109. The summed E-state index contributed by atoms with van der Waals surface area (Å²) in [6, 6.07) is 11.4. The van der Waals surface area contributed by atoms with Gasteiger partial charge in [0.1, 0.15) is 19.0 Å². The van der Waals surface area contributed by atoms with Crippen molar-refractivity contribution in [1.29, 1.82) is 0 Å². The number of halogens is 2. The molecule has 0 saturated heterocycles. The van der Waals surface area contributed by atoms with Gasteiger partial charge < -0.3 is 24.8 Å². The van der Waals surface area contributed by atoms with Crippen LogP contribution in [-0.2, 0) is 6.42 Å². The fraction of sp³-hybridized carbons (Fsp3) is 0.350. The molecule has 0 aromatic heterocycles. The van der Waals surface area contributed by atoms with Gasteiger partial charge >= 0.3 is 12.6 Å². The Morgan fingerprint density at radius 2 is 1.82 bits per heavy atom. The van der Waals surface area contributed by atoms with Gasteiger partial charge in [-0.3, -0.25) is 0 Å². The summed E-state index contributed by atoms with van der Waals surface area (Å²) in [6.45, 7) is 0.493. The van der Waals surface area contributed by atoms with Crippen molar-refractivity contribution in [2.75, 3.05) is 19.8 Å². The highest BCUT2D eigenvalue weighted by Crippen LogP contribution is 2.32. The van der Waals surface area contributed by atoms with Gasteiger partial charge in [-0.05, 0) is 48.7 Å². The average Bonchev–Trinajstić information content (AvgIpc) is 2.68. The van der Waals surface area contributed by atoms with Gasteiger partial charge in [-0.25, -0.2) is 4.79 Å². The Morgan fingerprint density at radius 3 is 2.54 bits per heavy atom. The molecule has 2 amide bonds. The molecule has 2 N–H and O–H groups in total. The van der Waals surface area contributed by atoms with Gasteiger partial charge in [0.15, 0.2) is 11.5 Å². The summed E-state index contributed by atoms with van der Waals surface area (Å²) in [6.07, 6.45) is 0.570. The molecular weight excluding hydrogens is 370 g/mol. The molecule has 0 fully saturated rings. The van der Waals surface area contributed by atoms with Crippen LogP contribution in [-0.4, -0.2) is 32.4 Å². The SMILES string of the molecule is CC(NC(=O)NCCc1ccc(OC(F)F)cc1)c1ccc2c(c1)OCCO2. The normalized spacial score (nSPS) is 13.7. The minimum Gasteiger partial charge on any atom is -0.486 e. The lowest BCUT2D eigenvalue weighted by Gasteiger charge is -2.21. The Kier molecular flexibility index (Phi) is 6.52. The Labute approximate surface area is 161 Å². The van der Waals surface area contributed by atoms with Crippen molar-refractivity contribution in [3.05, 3.63) is 53.6 Å². The molecule has 1 unspecified atom stereocenters. The fourth-order valence-electron chi connectivity index (χ4n) is 2.82. The maximum absolute atomic E-state index is 12.1. The van der Waals surface area contributed by atoms with E-state index in [0.29, 0.717) is 37.7 Å². The predicted molar refractivity (Wildman–Crippen MR) is 99.2 cm³/mol. The maximum Gasteiger partial charge on any atom is 0.387 e. The van der Waals surface area contributed by atoms with Crippen LogP contribution in [0.5, 0.6) is 17.2 Å². The van der Waals surface area contributed by atoms with Crippen molar-refractivity contribution in [2.45, 2.75) is 26.0 Å². The summed E-state index contributed by atoms with van der Waals surface area (Å²) in [4.78, 5) is 12.1. The Balaban J connectivity index is 1.44. The number of amides is 2. The zero-order valence-corrected chi connectivity index (χ0v) is 15.4. The number of carbonyl (C=O) groups excluding carboxylic acids is 1. The highest BCUT2D eigenvalue weighted by atomic mass is 19.3. The van der Waals surface area contributed by atoms with Gasteiger partial charge in [-0.2, -0.15) is 8.78 Å². The van der Waals surface area contributed by atoms with Gasteiger partial charge in [0, 0.05) is 6.54 Å². The summed E-state index contributed by atoms with van der Waals surface area (Å²) in [7, 11) is 0. The van der Waals surface area contributed by atoms with E-state index in [4.69, 9.17) is 9.47 Å². The zero-order chi connectivity index (χ0) is 19.9. The lowest BCUT2D eigenvalue weighted by molar-refractivity contribution is -0.0498. The predicted octanol–water partition coefficient (Wildman–Crippen LogP) is 3.66. The van der Waals surface area contributed by atoms with Crippen LogP contribution >= 0.6 is 0 Å². The largest absolute Gasteiger partial charge is 0.486 e. The summed E-state index contributed by atoms with van der Waals surface area (Å²) in [5.41, 5.74) is 1.82. The van der Waals surface area contributed by atoms with Crippen molar-refractivity contribution in [3.63, 3.8) is 0 Å². The lowest BCUT2D eigenvalue weighted by Crippen LogP contribution is -2.38. The molecule has 150 valence electrons. The van der Waals surface area contributed by atoms with Gasteiger partial charge in [0.2, 0.25) is 0 Å². The molecule has 1 aliphatic rings. The second-order valence-electron chi connectivity index (χ2n) is 6.30. The Hall–Kier alpha value is -3.03. The van der Waals surface area contributed by atoms with E-state index < -0.39 is 6.61 Å². The quantitative estimate of drug-likeness (QED) is 0.755. The molecule has 2 aromatic carbocycles. The van der Waals surface area contributed by atoms with Crippen LogP contribution < -0.4 is 24.8 Å². The third-order valence-electron chi connectivity index (χ3n) is 4.26. The highest BCUT2D eigenvalue weighted by Gasteiger charge is 2.15. The van der Waals surface area contributed by atoms with Crippen LogP contribution in [0.2, 0.25) is 0 Å². The molecule has 28 heavy (non-hydrogen) atoms. The maximum atomic E-state index is 12.1. The van der Waals surface area contributed by atoms with Crippen LogP contribution in [0, 0.1) is 0 Å². The van der Waals surface area contributed by atoms with Crippen molar-refractivity contribution in [3.8, 4) is 17.2 Å². The van der Waals surface area contributed by atoms with Crippen LogP contribution in [0.1, 0.15) is 24.1 Å². The third-order valence-corrected chi connectivity index (χ3v) is 4.26. The van der Waals surface area contributed by atoms with E-state index >= 15 is 0 Å². The Morgan fingerprint density at radius 1 is 1.11 bits per heavy atom. The van der Waals surface area contributed by atoms with E-state index in [1.54, 1.807) is 12.1 Å². The molecule has 1 atom stereocenters. The second kappa shape index (κ2) is 9.25. The molecule has 0 saturated carbocycles. The molecule has 6 nitrogen and oxygen atoms in total. The van der Waals surface area contributed by atoms with Gasteiger partial charge in [0.05, 0.1) is 6.04 Å². The fourth-order valence-corrected chi connectivity index (χ4v) is 2.82. The zero-order valence-electron chi connectivity index (χ0n) is 15.4. The highest BCUT2D eigenvalue weighted by molar-refractivity contribution is 5.74. The molecule has 0 aliphatic carbocycles. The first kappa shape index (κ1) is 19.7. The molecular formula is C20H22F2N2O4. The first-order chi connectivity index (χ1) is 13.5. The standard InChI is InChI=1S/C20H22F2N2O4/c1-13(15-4-7-17-18(12-15)27-11-10-26-17)24-20(25)23-9-8-14-2-5-16(6-3-14)28-19(21)22/h2-7,12-13,19H,8-11H2,1H3,(H2,23,24,25). The van der Waals surface area contributed by atoms with Crippen molar-refractivity contribution < 1.29 is 27.8 Å². The molecule has 0 radical (unpaired) electrons. The number of hydrogen-bond donors (Lipinski definition) is 2. The summed E-state index contributed by atoms with van der Waals surface area (Å²) in [5, 5.41) is 5.65. The van der Waals surface area contributed by atoms with E-state index in [1.165, 1.54) is 12.1 Å². The number of nitrogens with one attached hydrogen (secondary N) is 2. The number of benzene rings is 2.